The Morgan fingerprint density at radius 2 is 1.91 bits per heavy atom. The van der Waals surface area contributed by atoms with Gasteiger partial charge in [-0.15, -0.1) is 0 Å². The van der Waals surface area contributed by atoms with Gasteiger partial charge in [-0.3, -0.25) is 9.59 Å². The van der Waals surface area contributed by atoms with E-state index in [1.54, 1.807) is 6.20 Å². The second kappa shape index (κ2) is 7.95. The second-order valence-corrected chi connectivity index (χ2v) is 6.07. The normalized spacial score (nSPS) is 12.3. The third kappa shape index (κ3) is 4.01. The molecule has 0 aliphatic rings. The van der Waals surface area contributed by atoms with Crippen LogP contribution in [-0.4, -0.2) is 22.3 Å². The zero-order valence-corrected chi connectivity index (χ0v) is 14.3. The summed E-state index contributed by atoms with van der Waals surface area (Å²) < 4.78 is 1.88. The lowest BCUT2D eigenvalue weighted by atomic mass is 10.0. The van der Waals surface area contributed by atoms with Gasteiger partial charge in [0.2, 0.25) is 0 Å². The lowest BCUT2D eigenvalue weighted by Gasteiger charge is -2.16. The molecule has 4 nitrogen and oxygen atoms in total. The molecule has 2 aromatic rings. The molecule has 1 unspecified atom stereocenters. The highest BCUT2D eigenvalue weighted by Crippen LogP contribution is 2.20. The lowest BCUT2D eigenvalue weighted by molar-refractivity contribution is -0.117. The number of carbonyl (C=O) groups is 2. The molecule has 0 bridgehead atoms. The van der Waals surface area contributed by atoms with Gasteiger partial charge in [-0.2, -0.15) is 0 Å². The van der Waals surface area contributed by atoms with E-state index in [0.29, 0.717) is 5.56 Å². The molecule has 0 saturated heterocycles. The summed E-state index contributed by atoms with van der Waals surface area (Å²) in [6.45, 7) is 4.20. The predicted octanol–water partition coefficient (Wildman–Crippen LogP) is 3.84. The van der Waals surface area contributed by atoms with Crippen molar-refractivity contribution in [2.75, 3.05) is 0 Å². The SMILES string of the molecule is CCCCCC(CC)NC(=O)C(=O)c1cn(C)c2ccccc12. The largest absolute Gasteiger partial charge is 0.350 e. The Bertz CT molecular complexity index is 688. The number of aromatic nitrogens is 1. The molecular formula is C19H26N2O2. The second-order valence-electron chi connectivity index (χ2n) is 6.07. The van der Waals surface area contributed by atoms with Crippen LogP contribution in [0.4, 0.5) is 0 Å². The van der Waals surface area contributed by atoms with Crippen molar-refractivity contribution in [3.8, 4) is 0 Å². The summed E-state index contributed by atoms with van der Waals surface area (Å²) in [5, 5.41) is 3.73. The maximum atomic E-state index is 12.5. The van der Waals surface area contributed by atoms with Gasteiger partial charge in [0.15, 0.2) is 0 Å². The molecule has 2 rings (SSSR count). The van der Waals surface area contributed by atoms with Crippen LogP contribution in [0.3, 0.4) is 0 Å². The number of unbranched alkanes of at least 4 members (excludes halogenated alkanes) is 2. The molecular weight excluding hydrogens is 288 g/mol. The van der Waals surface area contributed by atoms with Gasteiger partial charge < -0.3 is 9.88 Å². The smallest absolute Gasteiger partial charge is 0.292 e. The highest BCUT2D eigenvalue weighted by atomic mass is 16.2. The predicted molar refractivity (Wildman–Crippen MR) is 93.6 cm³/mol. The first-order valence-electron chi connectivity index (χ1n) is 8.47. The summed E-state index contributed by atoms with van der Waals surface area (Å²) in [5.74, 6) is -0.944. The molecule has 23 heavy (non-hydrogen) atoms. The highest BCUT2D eigenvalue weighted by Gasteiger charge is 2.22. The summed E-state index contributed by atoms with van der Waals surface area (Å²) in [7, 11) is 1.89. The molecule has 0 spiro atoms. The van der Waals surface area contributed by atoms with Crippen LogP contribution in [0.5, 0.6) is 0 Å². The molecule has 0 saturated carbocycles. The van der Waals surface area contributed by atoms with E-state index in [1.165, 1.54) is 0 Å². The third-order valence-corrected chi connectivity index (χ3v) is 4.33. The summed E-state index contributed by atoms with van der Waals surface area (Å²) in [6, 6.07) is 7.72. The first kappa shape index (κ1) is 17.3. The number of fused-ring (bicyclic) bond motifs is 1. The number of nitrogens with one attached hydrogen (secondary N) is 1. The number of aryl methyl sites for hydroxylation is 1. The van der Waals surface area contributed by atoms with Crippen LogP contribution < -0.4 is 5.32 Å². The minimum Gasteiger partial charge on any atom is -0.350 e. The third-order valence-electron chi connectivity index (χ3n) is 4.33. The lowest BCUT2D eigenvalue weighted by Crippen LogP contribution is -2.39. The van der Waals surface area contributed by atoms with Gasteiger partial charge >= 0.3 is 0 Å². The summed E-state index contributed by atoms with van der Waals surface area (Å²) in [6.07, 6.45) is 6.91. The van der Waals surface area contributed by atoms with Crippen LogP contribution in [0, 0.1) is 0 Å². The molecule has 0 fully saturated rings. The van der Waals surface area contributed by atoms with E-state index < -0.39 is 11.7 Å². The fraction of sp³-hybridized carbons (Fsp3) is 0.474. The first-order chi connectivity index (χ1) is 11.1. The van der Waals surface area contributed by atoms with Gasteiger partial charge in [0, 0.05) is 30.2 Å². The van der Waals surface area contributed by atoms with E-state index in [1.807, 2.05) is 42.8 Å². The van der Waals surface area contributed by atoms with Crippen molar-refractivity contribution in [1.29, 1.82) is 0 Å². The number of ketones is 1. The van der Waals surface area contributed by atoms with Crippen molar-refractivity contribution in [2.24, 2.45) is 7.05 Å². The number of carbonyl (C=O) groups excluding carboxylic acids is 2. The number of rotatable bonds is 8. The fourth-order valence-electron chi connectivity index (χ4n) is 2.91. The topological polar surface area (TPSA) is 51.1 Å². The Balaban J connectivity index is 2.10. The van der Waals surface area contributed by atoms with Gasteiger partial charge in [0.05, 0.1) is 5.56 Å². The minimum atomic E-state index is -0.496. The van der Waals surface area contributed by atoms with Crippen molar-refractivity contribution < 1.29 is 9.59 Å². The van der Waals surface area contributed by atoms with E-state index >= 15 is 0 Å². The summed E-state index contributed by atoms with van der Waals surface area (Å²) >= 11 is 0. The number of hydrogen-bond acceptors (Lipinski definition) is 2. The molecule has 0 radical (unpaired) electrons. The summed E-state index contributed by atoms with van der Waals surface area (Å²) in [5.41, 5.74) is 1.43. The molecule has 1 N–H and O–H groups in total. The number of nitrogens with zero attached hydrogens (tertiary/aromatic N) is 1. The van der Waals surface area contributed by atoms with Crippen LogP contribution in [0.1, 0.15) is 56.3 Å². The zero-order chi connectivity index (χ0) is 16.8. The maximum absolute atomic E-state index is 12.5. The summed E-state index contributed by atoms with van der Waals surface area (Å²) in [4.78, 5) is 24.9. The molecule has 1 heterocycles. The van der Waals surface area contributed by atoms with Crippen molar-refractivity contribution in [3.05, 3.63) is 36.0 Å². The molecule has 0 aliphatic heterocycles. The molecule has 1 amide bonds. The Morgan fingerprint density at radius 1 is 1.17 bits per heavy atom. The van der Waals surface area contributed by atoms with E-state index in [0.717, 1.165) is 43.0 Å². The standard InChI is InChI=1S/C19H26N2O2/c1-4-6-7-10-14(5-2)20-19(23)18(22)16-13-21(3)17-12-9-8-11-15(16)17/h8-9,11-14H,4-7,10H2,1-3H3,(H,20,23). The fourth-order valence-corrected chi connectivity index (χ4v) is 2.91. The van der Waals surface area contributed by atoms with Crippen molar-refractivity contribution in [2.45, 2.75) is 52.0 Å². The molecule has 1 aromatic heterocycles. The van der Waals surface area contributed by atoms with E-state index in [2.05, 4.69) is 12.2 Å². The van der Waals surface area contributed by atoms with Crippen molar-refractivity contribution >= 4 is 22.6 Å². The van der Waals surface area contributed by atoms with Gasteiger partial charge in [-0.05, 0) is 18.9 Å². The Morgan fingerprint density at radius 3 is 2.61 bits per heavy atom. The molecule has 124 valence electrons. The van der Waals surface area contributed by atoms with Crippen LogP contribution in [-0.2, 0) is 11.8 Å². The number of benzene rings is 1. The maximum Gasteiger partial charge on any atom is 0.292 e. The van der Waals surface area contributed by atoms with E-state index in [-0.39, 0.29) is 6.04 Å². The van der Waals surface area contributed by atoms with Gasteiger partial charge in [-0.25, -0.2) is 0 Å². The Kier molecular flexibility index (Phi) is 5.97. The average Bonchev–Trinajstić information content (AvgIpc) is 2.90. The zero-order valence-electron chi connectivity index (χ0n) is 14.3. The first-order valence-corrected chi connectivity index (χ1v) is 8.47. The van der Waals surface area contributed by atoms with Gasteiger partial charge in [0.25, 0.3) is 11.7 Å². The number of hydrogen-bond donors (Lipinski definition) is 1. The molecule has 0 aliphatic carbocycles. The molecule has 4 heteroatoms. The van der Waals surface area contributed by atoms with Crippen molar-refractivity contribution in [3.63, 3.8) is 0 Å². The van der Waals surface area contributed by atoms with E-state index in [4.69, 9.17) is 0 Å². The van der Waals surface area contributed by atoms with Crippen LogP contribution in [0.25, 0.3) is 10.9 Å². The highest BCUT2D eigenvalue weighted by molar-refractivity contribution is 6.45. The number of Topliss-reactive ketones (excluding diaryl/α,β-unsaturated/α-hetero) is 1. The minimum absolute atomic E-state index is 0.0768. The van der Waals surface area contributed by atoms with E-state index in [9.17, 15) is 9.59 Å². The Hall–Kier alpha value is -2.10. The van der Waals surface area contributed by atoms with Crippen molar-refractivity contribution in [1.82, 2.24) is 9.88 Å². The van der Waals surface area contributed by atoms with Crippen LogP contribution in [0.2, 0.25) is 0 Å². The number of amides is 1. The van der Waals surface area contributed by atoms with Gasteiger partial charge in [-0.1, -0.05) is 51.3 Å². The monoisotopic (exact) mass is 314 g/mol. The quantitative estimate of drug-likeness (QED) is 0.457. The van der Waals surface area contributed by atoms with Crippen LogP contribution >= 0.6 is 0 Å². The molecule has 1 atom stereocenters. The van der Waals surface area contributed by atoms with Crippen LogP contribution in [0.15, 0.2) is 30.5 Å². The van der Waals surface area contributed by atoms with Gasteiger partial charge in [0.1, 0.15) is 0 Å². The Labute approximate surface area is 137 Å². The molecule has 1 aromatic carbocycles. The average molecular weight is 314 g/mol. The number of para-hydroxylation sites is 1.